The molecule has 0 amide bonds. The Balaban J connectivity index is 2.00. The van der Waals surface area contributed by atoms with Crippen LogP contribution in [0.4, 0.5) is 0 Å². The third-order valence-corrected chi connectivity index (χ3v) is 6.05. The average Bonchev–Trinajstić information content (AvgIpc) is 2.99. The lowest BCUT2D eigenvalue weighted by molar-refractivity contribution is -0.131. The number of Topliss-reactive ketones (excluding diaryl/α,β-unsaturated/α-hetero) is 1. The third-order valence-electron chi connectivity index (χ3n) is 6.05. The van der Waals surface area contributed by atoms with Crippen LogP contribution in [-0.2, 0) is 23.7 Å². The number of benzene rings is 1. The topological polar surface area (TPSA) is 58.7 Å². The largest absolute Gasteiger partial charge is 0.298 e. The van der Waals surface area contributed by atoms with E-state index in [-0.39, 0.29) is 23.0 Å². The molecule has 1 heterocycles. The fourth-order valence-corrected chi connectivity index (χ4v) is 5.01. The second-order valence-corrected chi connectivity index (χ2v) is 7.24. The number of carbonyl (C=O) groups excluding carboxylic acids is 1. The minimum absolute atomic E-state index is 0.105. The lowest BCUT2D eigenvalue weighted by Gasteiger charge is -2.50. The van der Waals surface area contributed by atoms with E-state index in [1.165, 1.54) is 11.1 Å². The minimum atomic E-state index is -0.551. The Labute approximate surface area is 142 Å². The number of nitrogens with zero attached hydrogens (tertiary/aromatic N) is 3. The smallest absolute Gasteiger partial charge is 0.153 e. The van der Waals surface area contributed by atoms with E-state index in [9.17, 15) is 10.1 Å². The van der Waals surface area contributed by atoms with Gasteiger partial charge in [-0.25, -0.2) is 0 Å². The second kappa shape index (κ2) is 5.31. The fourth-order valence-electron chi connectivity index (χ4n) is 5.01. The molecule has 122 valence electrons. The normalized spacial score (nSPS) is 31.9. The number of hydrogen-bond donors (Lipinski definition) is 0. The summed E-state index contributed by atoms with van der Waals surface area (Å²) in [4.78, 5) is 12.7. The Morgan fingerprint density at radius 3 is 2.79 bits per heavy atom. The highest BCUT2D eigenvalue weighted by Gasteiger charge is 2.56. The van der Waals surface area contributed by atoms with Crippen molar-refractivity contribution < 1.29 is 4.79 Å². The van der Waals surface area contributed by atoms with Gasteiger partial charge in [0.05, 0.1) is 11.8 Å². The van der Waals surface area contributed by atoms with Crippen LogP contribution < -0.4 is 0 Å². The molecule has 0 N–H and O–H groups in total. The number of fused-ring (bicyclic) bond motifs is 3. The van der Waals surface area contributed by atoms with Crippen molar-refractivity contribution in [1.29, 1.82) is 5.26 Å². The van der Waals surface area contributed by atoms with Crippen molar-refractivity contribution in [2.45, 2.75) is 31.6 Å². The highest BCUT2D eigenvalue weighted by molar-refractivity contribution is 5.87. The molecule has 2 aliphatic carbocycles. The molecular weight excluding hydrogens is 298 g/mol. The van der Waals surface area contributed by atoms with Gasteiger partial charge >= 0.3 is 0 Å². The Hall–Kier alpha value is -2.41. The SMILES string of the molecule is C[C@@H]1C(=O)C(C#N)C[C@]2(c3ccccc3)c3nn(C)cc3CC[C@@H]12. The van der Waals surface area contributed by atoms with E-state index >= 15 is 0 Å². The zero-order valence-electron chi connectivity index (χ0n) is 14.1. The maximum atomic E-state index is 12.7. The van der Waals surface area contributed by atoms with Crippen LogP contribution in [0.1, 0.15) is 36.6 Å². The Bertz CT molecular complexity index is 832. The molecule has 4 heteroatoms. The molecule has 4 atom stereocenters. The number of aromatic nitrogens is 2. The van der Waals surface area contributed by atoms with Gasteiger partial charge in [-0.1, -0.05) is 37.3 Å². The van der Waals surface area contributed by atoms with Crippen LogP contribution in [0.15, 0.2) is 36.5 Å². The van der Waals surface area contributed by atoms with Crippen molar-refractivity contribution in [3.63, 3.8) is 0 Å². The molecule has 1 unspecified atom stereocenters. The van der Waals surface area contributed by atoms with Crippen LogP contribution in [0.2, 0.25) is 0 Å². The standard InChI is InChI=1S/C20H21N3O/c1-13-17-9-8-14-12-23(2)22-19(14)20(17,10-15(11-21)18(13)24)16-6-4-3-5-7-16/h3-7,12-13,15,17H,8-10H2,1-2H3/t13-,15?,17-,20+/m0/s1. The van der Waals surface area contributed by atoms with Gasteiger partial charge in [0, 0.05) is 24.6 Å². The summed E-state index contributed by atoms with van der Waals surface area (Å²) in [5.74, 6) is -0.351. The van der Waals surface area contributed by atoms with Gasteiger partial charge in [0.15, 0.2) is 5.78 Å². The van der Waals surface area contributed by atoms with Gasteiger partial charge in [0.1, 0.15) is 5.92 Å². The van der Waals surface area contributed by atoms with Crippen LogP contribution in [0.5, 0.6) is 0 Å². The highest BCUT2D eigenvalue weighted by Crippen LogP contribution is 2.55. The summed E-state index contributed by atoms with van der Waals surface area (Å²) in [5, 5.41) is 14.4. The summed E-state index contributed by atoms with van der Waals surface area (Å²) in [6.07, 6.45) is 4.57. The first-order valence-electron chi connectivity index (χ1n) is 8.60. The van der Waals surface area contributed by atoms with E-state index in [4.69, 9.17) is 5.10 Å². The van der Waals surface area contributed by atoms with Gasteiger partial charge in [0.2, 0.25) is 0 Å². The second-order valence-electron chi connectivity index (χ2n) is 7.24. The number of hydrogen-bond acceptors (Lipinski definition) is 3. The quantitative estimate of drug-likeness (QED) is 0.812. The van der Waals surface area contributed by atoms with E-state index < -0.39 is 5.92 Å². The first-order chi connectivity index (χ1) is 11.6. The Morgan fingerprint density at radius 2 is 2.08 bits per heavy atom. The number of carbonyl (C=O) groups is 1. The lowest BCUT2D eigenvalue weighted by atomic mass is 9.51. The van der Waals surface area contributed by atoms with Crippen molar-refractivity contribution in [1.82, 2.24) is 9.78 Å². The molecule has 0 spiro atoms. The van der Waals surface area contributed by atoms with E-state index in [1.807, 2.05) is 36.9 Å². The number of aryl methyl sites for hydroxylation is 2. The number of ketones is 1. The maximum Gasteiger partial charge on any atom is 0.153 e. The van der Waals surface area contributed by atoms with Crippen molar-refractivity contribution in [2.75, 3.05) is 0 Å². The van der Waals surface area contributed by atoms with E-state index in [0.717, 1.165) is 18.5 Å². The Kier molecular flexibility index (Phi) is 3.35. The molecule has 1 aromatic carbocycles. The van der Waals surface area contributed by atoms with Crippen molar-refractivity contribution in [2.24, 2.45) is 24.8 Å². The molecule has 24 heavy (non-hydrogen) atoms. The first-order valence-corrected chi connectivity index (χ1v) is 8.60. The summed E-state index contributed by atoms with van der Waals surface area (Å²) in [6.45, 7) is 2.00. The number of nitriles is 1. The zero-order valence-corrected chi connectivity index (χ0v) is 14.1. The predicted molar refractivity (Wildman–Crippen MR) is 90.1 cm³/mol. The molecule has 2 aliphatic rings. The molecule has 1 saturated carbocycles. The van der Waals surface area contributed by atoms with Crippen molar-refractivity contribution in [3.05, 3.63) is 53.3 Å². The molecular formula is C20H21N3O. The van der Waals surface area contributed by atoms with Gasteiger partial charge in [0.25, 0.3) is 0 Å². The summed E-state index contributed by atoms with van der Waals surface area (Å²) in [6, 6.07) is 12.6. The molecule has 0 aliphatic heterocycles. The number of rotatable bonds is 1. The monoisotopic (exact) mass is 319 g/mol. The van der Waals surface area contributed by atoms with E-state index in [1.54, 1.807) is 0 Å². The molecule has 4 nitrogen and oxygen atoms in total. The summed E-state index contributed by atoms with van der Waals surface area (Å²) in [5.41, 5.74) is 3.20. The first kappa shape index (κ1) is 15.1. The molecule has 4 rings (SSSR count). The maximum absolute atomic E-state index is 12.7. The van der Waals surface area contributed by atoms with Gasteiger partial charge in [-0.2, -0.15) is 10.4 Å². The molecule has 0 bridgehead atoms. The summed E-state index contributed by atoms with van der Waals surface area (Å²) in [7, 11) is 1.95. The average molecular weight is 319 g/mol. The molecule has 0 radical (unpaired) electrons. The van der Waals surface area contributed by atoms with Gasteiger partial charge in [-0.05, 0) is 36.3 Å². The third kappa shape index (κ3) is 1.91. The molecule has 1 aromatic heterocycles. The van der Waals surface area contributed by atoms with Gasteiger partial charge in [-0.15, -0.1) is 0 Å². The lowest BCUT2D eigenvalue weighted by Crippen LogP contribution is -2.52. The van der Waals surface area contributed by atoms with Crippen LogP contribution in [0, 0.1) is 29.1 Å². The predicted octanol–water partition coefficient (Wildman–Crippen LogP) is 3.02. The van der Waals surface area contributed by atoms with Gasteiger partial charge < -0.3 is 0 Å². The van der Waals surface area contributed by atoms with E-state index in [0.29, 0.717) is 6.42 Å². The minimum Gasteiger partial charge on any atom is -0.298 e. The van der Waals surface area contributed by atoms with Crippen molar-refractivity contribution >= 4 is 5.78 Å². The van der Waals surface area contributed by atoms with Crippen LogP contribution >= 0.6 is 0 Å². The van der Waals surface area contributed by atoms with Crippen molar-refractivity contribution in [3.8, 4) is 6.07 Å². The molecule has 2 aromatic rings. The highest BCUT2D eigenvalue weighted by atomic mass is 16.1. The fraction of sp³-hybridized carbons (Fsp3) is 0.450. The summed E-state index contributed by atoms with van der Waals surface area (Å²) < 4.78 is 1.88. The molecule has 1 fully saturated rings. The summed E-state index contributed by atoms with van der Waals surface area (Å²) >= 11 is 0. The van der Waals surface area contributed by atoms with Crippen LogP contribution in [-0.4, -0.2) is 15.6 Å². The Morgan fingerprint density at radius 1 is 1.33 bits per heavy atom. The zero-order chi connectivity index (χ0) is 16.9. The van der Waals surface area contributed by atoms with E-state index in [2.05, 4.69) is 24.4 Å². The van der Waals surface area contributed by atoms with Crippen LogP contribution in [0.25, 0.3) is 0 Å². The van der Waals surface area contributed by atoms with Gasteiger partial charge in [-0.3, -0.25) is 9.48 Å². The van der Waals surface area contributed by atoms with Crippen LogP contribution in [0.3, 0.4) is 0 Å². The molecule has 0 saturated heterocycles.